The maximum Gasteiger partial charge on any atom is 0.275 e. The molecule has 0 heterocycles. The van der Waals surface area contributed by atoms with Crippen LogP contribution in [0.2, 0.25) is 0 Å². The predicted molar refractivity (Wildman–Crippen MR) is 108 cm³/mol. The van der Waals surface area contributed by atoms with Crippen LogP contribution in [0.25, 0.3) is 0 Å². The van der Waals surface area contributed by atoms with Crippen molar-refractivity contribution in [2.75, 3.05) is 0 Å². The van der Waals surface area contributed by atoms with Gasteiger partial charge in [-0.2, -0.15) is 5.10 Å². The van der Waals surface area contributed by atoms with Gasteiger partial charge < -0.3 is 9.84 Å². The third-order valence-corrected chi connectivity index (χ3v) is 4.27. The lowest BCUT2D eigenvalue weighted by molar-refractivity contribution is 0.0952. The largest absolute Gasteiger partial charge is 0.507 e. The summed E-state index contributed by atoms with van der Waals surface area (Å²) in [5, 5.41) is 13.7. The number of amides is 1. The number of ether oxygens (including phenoxy) is 1. The summed E-state index contributed by atoms with van der Waals surface area (Å²) in [6.45, 7) is 0.419. The zero-order chi connectivity index (χ0) is 19.1. The fraction of sp³-hybridized carbons (Fsp3) is 0.0476. The standard InChI is InChI=1S/C21H17BrN2O3/c22-17-11-9-15(10-12-17)14-27-20-8-4-1-5-16(20)13-23-24-21(26)18-6-2-3-7-19(18)25/h1-13,25H,14H2,(H,24,26)/b23-13-. The summed E-state index contributed by atoms with van der Waals surface area (Å²) in [7, 11) is 0. The summed E-state index contributed by atoms with van der Waals surface area (Å²) in [4.78, 5) is 12.1. The first-order valence-corrected chi connectivity index (χ1v) is 9.00. The SMILES string of the molecule is O=C(N/N=C\c1ccccc1OCc1ccc(Br)cc1)c1ccccc1O. The quantitative estimate of drug-likeness (QED) is 0.452. The molecule has 0 aliphatic rings. The van der Waals surface area contributed by atoms with Gasteiger partial charge in [-0.15, -0.1) is 0 Å². The van der Waals surface area contributed by atoms with Gasteiger partial charge >= 0.3 is 0 Å². The van der Waals surface area contributed by atoms with E-state index in [4.69, 9.17) is 4.74 Å². The first-order valence-electron chi connectivity index (χ1n) is 8.21. The lowest BCUT2D eigenvalue weighted by atomic mass is 10.2. The molecule has 0 bridgehead atoms. The van der Waals surface area contributed by atoms with Gasteiger partial charge in [0.15, 0.2) is 0 Å². The van der Waals surface area contributed by atoms with Crippen molar-refractivity contribution in [3.05, 3.63) is 94.0 Å². The molecule has 27 heavy (non-hydrogen) atoms. The van der Waals surface area contributed by atoms with E-state index in [1.54, 1.807) is 12.1 Å². The minimum absolute atomic E-state index is 0.0940. The van der Waals surface area contributed by atoms with Crippen molar-refractivity contribution in [3.63, 3.8) is 0 Å². The highest BCUT2D eigenvalue weighted by Crippen LogP contribution is 2.19. The number of halogens is 1. The Morgan fingerprint density at radius 3 is 2.52 bits per heavy atom. The van der Waals surface area contributed by atoms with E-state index in [1.165, 1.54) is 18.3 Å². The highest BCUT2D eigenvalue weighted by atomic mass is 79.9. The molecule has 0 spiro atoms. The maximum atomic E-state index is 12.1. The Labute approximate surface area is 165 Å². The van der Waals surface area contributed by atoms with Crippen molar-refractivity contribution in [1.82, 2.24) is 5.43 Å². The second kappa shape index (κ2) is 9.00. The molecule has 0 atom stereocenters. The van der Waals surface area contributed by atoms with E-state index in [0.717, 1.165) is 15.6 Å². The molecule has 0 saturated carbocycles. The van der Waals surface area contributed by atoms with Crippen molar-refractivity contribution < 1.29 is 14.6 Å². The molecule has 0 saturated heterocycles. The van der Waals surface area contributed by atoms with E-state index in [0.29, 0.717) is 12.4 Å². The molecule has 5 nitrogen and oxygen atoms in total. The van der Waals surface area contributed by atoms with E-state index < -0.39 is 5.91 Å². The van der Waals surface area contributed by atoms with Gasteiger partial charge in [0, 0.05) is 10.0 Å². The third kappa shape index (κ3) is 5.18. The van der Waals surface area contributed by atoms with Crippen molar-refractivity contribution in [2.24, 2.45) is 5.10 Å². The maximum absolute atomic E-state index is 12.1. The molecule has 0 fully saturated rings. The fourth-order valence-corrected chi connectivity index (χ4v) is 2.61. The lowest BCUT2D eigenvalue weighted by Crippen LogP contribution is -2.17. The number of benzene rings is 3. The minimum atomic E-state index is -0.488. The van der Waals surface area contributed by atoms with E-state index in [1.807, 2.05) is 48.5 Å². The fourth-order valence-electron chi connectivity index (χ4n) is 2.35. The van der Waals surface area contributed by atoms with E-state index >= 15 is 0 Å². The molecule has 136 valence electrons. The molecule has 0 radical (unpaired) electrons. The second-order valence-corrected chi connectivity index (χ2v) is 6.58. The first-order chi connectivity index (χ1) is 13.1. The second-order valence-electron chi connectivity index (χ2n) is 5.67. The Morgan fingerprint density at radius 1 is 1.04 bits per heavy atom. The van der Waals surface area contributed by atoms with Crippen molar-refractivity contribution >= 4 is 28.1 Å². The number of hydrazone groups is 1. The van der Waals surface area contributed by atoms with Crippen LogP contribution in [0, 0.1) is 0 Å². The highest BCUT2D eigenvalue weighted by Gasteiger charge is 2.09. The van der Waals surface area contributed by atoms with Gasteiger partial charge in [-0.05, 0) is 42.0 Å². The molecular formula is C21H17BrN2O3. The normalized spacial score (nSPS) is 10.7. The molecule has 0 unspecified atom stereocenters. The van der Waals surface area contributed by atoms with Crippen LogP contribution in [0.4, 0.5) is 0 Å². The predicted octanol–water partition coefficient (Wildman–Crippen LogP) is 4.50. The summed E-state index contributed by atoms with van der Waals surface area (Å²) in [5.74, 6) is 0.0713. The van der Waals surface area contributed by atoms with Gasteiger partial charge in [0.25, 0.3) is 5.91 Å². The number of carbonyl (C=O) groups is 1. The average molecular weight is 425 g/mol. The number of nitrogens with one attached hydrogen (secondary N) is 1. The number of carbonyl (C=O) groups excluding carboxylic acids is 1. The van der Waals surface area contributed by atoms with Gasteiger partial charge in [0.1, 0.15) is 18.1 Å². The molecule has 3 rings (SSSR count). The van der Waals surface area contributed by atoms with Gasteiger partial charge in [0.2, 0.25) is 0 Å². The topological polar surface area (TPSA) is 70.9 Å². The van der Waals surface area contributed by atoms with E-state index in [2.05, 4.69) is 26.5 Å². The zero-order valence-electron chi connectivity index (χ0n) is 14.3. The molecule has 0 aliphatic carbocycles. The van der Waals surface area contributed by atoms with E-state index in [9.17, 15) is 9.90 Å². The smallest absolute Gasteiger partial charge is 0.275 e. The van der Waals surface area contributed by atoms with Crippen LogP contribution in [0.1, 0.15) is 21.5 Å². The minimum Gasteiger partial charge on any atom is -0.507 e. The number of aromatic hydroxyl groups is 1. The number of hydrogen-bond donors (Lipinski definition) is 2. The van der Waals surface area contributed by atoms with Crippen LogP contribution in [-0.4, -0.2) is 17.2 Å². The number of nitrogens with zero attached hydrogens (tertiary/aromatic N) is 1. The number of rotatable bonds is 6. The Balaban J connectivity index is 1.65. The van der Waals surface area contributed by atoms with Crippen LogP contribution >= 0.6 is 15.9 Å². The first kappa shape index (κ1) is 18.7. The summed E-state index contributed by atoms with van der Waals surface area (Å²) in [6.07, 6.45) is 1.51. The molecule has 0 aromatic heterocycles. The van der Waals surface area contributed by atoms with Crippen molar-refractivity contribution in [3.8, 4) is 11.5 Å². The molecule has 1 amide bonds. The third-order valence-electron chi connectivity index (χ3n) is 3.75. The number of phenols is 1. The van der Waals surface area contributed by atoms with Crippen LogP contribution < -0.4 is 10.2 Å². The zero-order valence-corrected chi connectivity index (χ0v) is 15.9. The van der Waals surface area contributed by atoms with Crippen molar-refractivity contribution in [2.45, 2.75) is 6.61 Å². The van der Waals surface area contributed by atoms with Crippen molar-refractivity contribution in [1.29, 1.82) is 0 Å². The Kier molecular flexibility index (Phi) is 6.22. The average Bonchev–Trinajstić information content (AvgIpc) is 2.68. The molecule has 2 N–H and O–H groups in total. The highest BCUT2D eigenvalue weighted by molar-refractivity contribution is 9.10. The molecule has 3 aromatic rings. The number of phenolic OH excluding ortho intramolecular Hbond substituents is 1. The Hall–Kier alpha value is -3.12. The number of hydrogen-bond acceptors (Lipinski definition) is 4. The molecular weight excluding hydrogens is 408 g/mol. The van der Waals surface area contributed by atoms with E-state index in [-0.39, 0.29) is 11.3 Å². The summed E-state index contributed by atoms with van der Waals surface area (Å²) >= 11 is 3.41. The Bertz CT molecular complexity index is 956. The van der Waals surface area contributed by atoms with Crippen LogP contribution in [-0.2, 0) is 6.61 Å². The molecule has 6 heteroatoms. The molecule has 0 aliphatic heterocycles. The van der Waals surface area contributed by atoms with Crippen LogP contribution in [0.3, 0.4) is 0 Å². The van der Waals surface area contributed by atoms with Gasteiger partial charge in [-0.3, -0.25) is 4.79 Å². The van der Waals surface area contributed by atoms with Gasteiger partial charge in [-0.25, -0.2) is 5.43 Å². The summed E-state index contributed by atoms with van der Waals surface area (Å²) < 4.78 is 6.88. The lowest BCUT2D eigenvalue weighted by Gasteiger charge is -2.09. The summed E-state index contributed by atoms with van der Waals surface area (Å²) in [6, 6.07) is 21.6. The Morgan fingerprint density at radius 2 is 1.74 bits per heavy atom. The molecule has 3 aromatic carbocycles. The number of para-hydroxylation sites is 2. The summed E-state index contributed by atoms with van der Waals surface area (Å²) in [5.41, 5.74) is 4.34. The van der Waals surface area contributed by atoms with Gasteiger partial charge in [0.05, 0.1) is 11.8 Å². The van der Waals surface area contributed by atoms with Gasteiger partial charge in [-0.1, -0.05) is 52.3 Å². The monoisotopic (exact) mass is 424 g/mol. The van der Waals surface area contributed by atoms with Crippen LogP contribution in [0.5, 0.6) is 11.5 Å². The van der Waals surface area contributed by atoms with Crippen LogP contribution in [0.15, 0.2) is 82.4 Å².